The van der Waals surface area contributed by atoms with Gasteiger partial charge in [-0.3, -0.25) is 4.99 Å². The van der Waals surface area contributed by atoms with Gasteiger partial charge in [0.1, 0.15) is 11.5 Å². The van der Waals surface area contributed by atoms with E-state index in [2.05, 4.69) is 9.73 Å². The first-order chi connectivity index (χ1) is 11.8. The third-order valence-corrected chi connectivity index (χ3v) is 4.16. The first-order valence-corrected chi connectivity index (χ1v) is 8.55. The molecule has 25 heavy (non-hydrogen) atoms. The number of hydrogen-bond acceptors (Lipinski definition) is 7. The van der Waals surface area contributed by atoms with Crippen molar-refractivity contribution in [2.45, 2.75) is 4.90 Å². The van der Waals surface area contributed by atoms with Crippen LogP contribution in [0.25, 0.3) is 0 Å². The fraction of sp³-hybridized carbons (Fsp3) is 0.125. The highest BCUT2D eigenvalue weighted by Crippen LogP contribution is 2.30. The number of hydrogen-bond donors (Lipinski definition) is 2. The summed E-state index contributed by atoms with van der Waals surface area (Å²) in [7, 11) is -0.971. The lowest BCUT2D eigenvalue weighted by Crippen LogP contribution is -2.11. The highest BCUT2D eigenvalue weighted by atomic mass is 32.2. The first-order valence-electron chi connectivity index (χ1n) is 7.01. The molecular weight excluding hydrogens is 346 g/mol. The van der Waals surface area contributed by atoms with Gasteiger partial charge in [-0.25, -0.2) is 18.4 Å². The number of anilines is 1. The van der Waals surface area contributed by atoms with Crippen molar-refractivity contribution in [1.82, 2.24) is 0 Å². The molecule has 132 valence electrons. The molecule has 0 spiro atoms. The van der Waals surface area contributed by atoms with Crippen LogP contribution in [0.1, 0.15) is 15.9 Å². The van der Waals surface area contributed by atoms with Crippen molar-refractivity contribution in [1.29, 1.82) is 0 Å². The van der Waals surface area contributed by atoms with Gasteiger partial charge in [-0.2, -0.15) is 0 Å². The van der Waals surface area contributed by atoms with Gasteiger partial charge >= 0.3 is 5.97 Å². The Labute approximate surface area is 145 Å². The van der Waals surface area contributed by atoms with Crippen LogP contribution >= 0.6 is 0 Å². The van der Waals surface area contributed by atoms with Crippen molar-refractivity contribution < 1.29 is 22.7 Å². The standard InChI is InChI=1S/C16H17N3O5S/c1-19-9-13-14(17)7-10(16(20)23-2)8-15(13)24-11-3-5-12(6-4-11)25(18,21)22/h3-9H,17H2,1-2H3,(H2,18,21,22). The number of sulfonamides is 1. The number of nitrogens with two attached hydrogens (primary N) is 2. The zero-order chi connectivity index (χ0) is 18.6. The summed E-state index contributed by atoms with van der Waals surface area (Å²) < 4.78 is 33.0. The molecular formula is C16H17N3O5S. The van der Waals surface area contributed by atoms with Crippen molar-refractivity contribution in [3.05, 3.63) is 47.5 Å². The second-order valence-corrected chi connectivity index (χ2v) is 6.54. The molecule has 0 atom stereocenters. The zero-order valence-electron chi connectivity index (χ0n) is 13.6. The number of carbonyl (C=O) groups is 1. The average molecular weight is 363 g/mol. The second kappa shape index (κ2) is 7.32. The summed E-state index contributed by atoms with van der Waals surface area (Å²) >= 11 is 0. The molecule has 0 aromatic heterocycles. The molecule has 0 unspecified atom stereocenters. The number of ether oxygens (including phenoxy) is 2. The Morgan fingerprint density at radius 3 is 2.36 bits per heavy atom. The Morgan fingerprint density at radius 2 is 1.84 bits per heavy atom. The van der Waals surface area contributed by atoms with Crippen LogP contribution in [-0.2, 0) is 14.8 Å². The Balaban J connectivity index is 2.46. The van der Waals surface area contributed by atoms with Crippen molar-refractivity contribution in [3.8, 4) is 11.5 Å². The monoisotopic (exact) mass is 363 g/mol. The molecule has 8 nitrogen and oxygen atoms in total. The maximum Gasteiger partial charge on any atom is 0.338 e. The summed E-state index contributed by atoms with van der Waals surface area (Å²) in [5.74, 6) is 0.0371. The Bertz CT molecular complexity index is 922. The largest absolute Gasteiger partial charge is 0.465 e. The van der Waals surface area contributed by atoms with Gasteiger partial charge in [0, 0.05) is 18.9 Å². The van der Waals surface area contributed by atoms with Crippen molar-refractivity contribution in [3.63, 3.8) is 0 Å². The summed E-state index contributed by atoms with van der Waals surface area (Å²) in [5.41, 5.74) is 6.93. The van der Waals surface area contributed by atoms with Crippen LogP contribution in [0.3, 0.4) is 0 Å². The molecule has 0 aliphatic rings. The number of esters is 1. The third kappa shape index (κ3) is 4.34. The van der Waals surface area contributed by atoms with E-state index in [0.717, 1.165) is 0 Å². The van der Waals surface area contributed by atoms with Gasteiger partial charge < -0.3 is 15.2 Å². The Hall–Kier alpha value is -2.91. The van der Waals surface area contributed by atoms with Crippen LogP contribution in [0.15, 0.2) is 46.3 Å². The molecule has 9 heteroatoms. The summed E-state index contributed by atoms with van der Waals surface area (Å²) in [6.07, 6.45) is 1.49. The van der Waals surface area contributed by atoms with Gasteiger partial charge in [-0.1, -0.05) is 0 Å². The summed E-state index contributed by atoms with van der Waals surface area (Å²) in [5, 5.41) is 5.06. The normalized spacial score (nSPS) is 11.5. The molecule has 4 N–H and O–H groups in total. The fourth-order valence-corrected chi connectivity index (χ4v) is 2.58. The molecule has 0 aliphatic carbocycles. The number of methoxy groups -OCH3 is 1. The van der Waals surface area contributed by atoms with Crippen LogP contribution in [0, 0.1) is 0 Å². The van der Waals surface area contributed by atoms with Crippen LogP contribution in [0.4, 0.5) is 5.69 Å². The van der Waals surface area contributed by atoms with Gasteiger partial charge in [0.05, 0.1) is 23.1 Å². The predicted molar refractivity (Wildman–Crippen MR) is 93.6 cm³/mol. The molecule has 0 bridgehead atoms. The summed E-state index contributed by atoms with van der Waals surface area (Å²) in [6.45, 7) is 0. The number of benzene rings is 2. The predicted octanol–water partition coefficient (Wildman–Crippen LogP) is 1.54. The molecule has 2 aromatic rings. The number of rotatable bonds is 5. The smallest absolute Gasteiger partial charge is 0.338 e. The molecule has 0 radical (unpaired) electrons. The third-order valence-electron chi connectivity index (χ3n) is 3.23. The van der Waals surface area contributed by atoms with E-state index in [1.165, 1.54) is 49.7 Å². The molecule has 0 saturated carbocycles. The number of nitrogens with zero attached hydrogens (tertiary/aromatic N) is 1. The zero-order valence-corrected chi connectivity index (χ0v) is 14.4. The van der Waals surface area contributed by atoms with Crippen molar-refractivity contribution >= 4 is 27.9 Å². The van der Waals surface area contributed by atoms with Crippen LogP contribution in [0.5, 0.6) is 11.5 Å². The van der Waals surface area contributed by atoms with Gasteiger partial charge in [-0.15, -0.1) is 0 Å². The van der Waals surface area contributed by atoms with Gasteiger partial charge in [0.2, 0.25) is 10.0 Å². The van der Waals surface area contributed by atoms with Gasteiger partial charge in [0.25, 0.3) is 0 Å². The Kier molecular flexibility index (Phi) is 5.40. The van der Waals surface area contributed by atoms with Gasteiger partial charge in [-0.05, 0) is 36.4 Å². The van der Waals surface area contributed by atoms with E-state index in [4.69, 9.17) is 15.6 Å². The highest BCUT2D eigenvalue weighted by Gasteiger charge is 2.15. The van der Waals surface area contributed by atoms with Gasteiger partial charge in [0.15, 0.2) is 0 Å². The lowest BCUT2D eigenvalue weighted by atomic mass is 10.1. The number of aliphatic imine (C=N–C) groups is 1. The van der Waals surface area contributed by atoms with Crippen molar-refractivity contribution in [2.24, 2.45) is 10.1 Å². The molecule has 2 aromatic carbocycles. The molecule has 0 heterocycles. The summed E-state index contributed by atoms with van der Waals surface area (Å²) in [6, 6.07) is 8.42. The Morgan fingerprint density at radius 1 is 1.20 bits per heavy atom. The summed E-state index contributed by atoms with van der Waals surface area (Å²) in [4.78, 5) is 15.6. The van der Waals surface area contributed by atoms with E-state index in [1.54, 1.807) is 7.05 Å². The van der Waals surface area contributed by atoms with Crippen LogP contribution < -0.4 is 15.6 Å². The maximum atomic E-state index is 11.7. The lowest BCUT2D eigenvalue weighted by Gasteiger charge is -2.13. The lowest BCUT2D eigenvalue weighted by molar-refractivity contribution is 0.0600. The minimum absolute atomic E-state index is 0.0435. The van der Waals surface area contributed by atoms with Crippen LogP contribution in [0.2, 0.25) is 0 Å². The molecule has 0 saturated heterocycles. The minimum Gasteiger partial charge on any atom is -0.465 e. The number of primary sulfonamides is 1. The maximum absolute atomic E-state index is 11.7. The van der Waals surface area contributed by atoms with E-state index in [-0.39, 0.29) is 21.9 Å². The molecule has 0 amide bonds. The number of nitrogen functional groups attached to an aromatic ring is 1. The van der Waals surface area contributed by atoms with E-state index < -0.39 is 16.0 Å². The minimum atomic E-state index is -3.80. The van der Waals surface area contributed by atoms with E-state index in [0.29, 0.717) is 11.3 Å². The highest BCUT2D eigenvalue weighted by molar-refractivity contribution is 7.89. The first kappa shape index (κ1) is 18.4. The van der Waals surface area contributed by atoms with Crippen LogP contribution in [-0.4, -0.2) is 34.8 Å². The number of carbonyl (C=O) groups excluding carboxylic acids is 1. The SMILES string of the molecule is CN=Cc1c(N)cc(C(=O)OC)cc1Oc1ccc(S(N)(=O)=O)cc1. The van der Waals surface area contributed by atoms with E-state index >= 15 is 0 Å². The van der Waals surface area contributed by atoms with E-state index in [9.17, 15) is 13.2 Å². The molecule has 0 fully saturated rings. The average Bonchev–Trinajstić information content (AvgIpc) is 2.56. The topological polar surface area (TPSA) is 134 Å². The molecule has 2 rings (SSSR count). The van der Waals surface area contributed by atoms with E-state index in [1.807, 2.05) is 0 Å². The quantitative estimate of drug-likeness (QED) is 0.470. The fourth-order valence-electron chi connectivity index (χ4n) is 2.06. The van der Waals surface area contributed by atoms with Crippen molar-refractivity contribution in [2.75, 3.05) is 19.9 Å². The molecule has 0 aliphatic heterocycles. The second-order valence-electron chi connectivity index (χ2n) is 4.97.